The van der Waals surface area contributed by atoms with Crippen LogP contribution in [0.3, 0.4) is 0 Å². The van der Waals surface area contributed by atoms with Crippen LogP contribution in [0, 0.1) is 3.57 Å². The molecule has 4 heteroatoms. The lowest BCUT2D eigenvalue weighted by Crippen LogP contribution is -2.27. The molecule has 19 heavy (non-hydrogen) atoms. The molecule has 0 aromatic heterocycles. The molecule has 0 aliphatic rings. The number of benzene rings is 1. The first-order valence-electron chi connectivity index (χ1n) is 6.20. The molecular weight excluding hydrogens is 355 g/mol. The summed E-state index contributed by atoms with van der Waals surface area (Å²) >= 11 is 2.17. The lowest BCUT2D eigenvalue weighted by atomic mass is 10.1. The zero-order chi connectivity index (χ0) is 14.8. The van der Waals surface area contributed by atoms with E-state index in [0.717, 1.165) is 3.57 Å². The minimum atomic E-state index is -0.517. The lowest BCUT2D eigenvalue weighted by molar-refractivity contribution is 0.00614. The second kappa shape index (κ2) is 5.69. The molecule has 0 amide bonds. The molecule has 1 aromatic rings. The predicted octanol–water partition coefficient (Wildman–Crippen LogP) is 4.42. The Bertz CT molecular complexity index is 467. The van der Waals surface area contributed by atoms with Crippen molar-refractivity contribution in [3.05, 3.63) is 27.3 Å². The van der Waals surface area contributed by atoms with Crippen molar-refractivity contribution in [2.24, 2.45) is 0 Å². The van der Waals surface area contributed by atoms with Crippen molar-refractivity contribution in [2.45, 2.75) is 52.7 Å². The van der Waals surface area contributed by atoms with E-state index < -0.39 is 5.60 Å². The second-order valence-electron chi connectivity index (χ2n) is 6.36. The van der Waals surface area contributed by atoms with Gasteiger partial charge in [-0.2, -0.15) is 0 Å². The normalized spacial score (nSPS) is 12.2. The van der Waals surface area contributed by atoms with Gasteiger partial charge in [0, 0.05) is 3.57 Å². The van der Waals surface area contributed by atoms with Gasteiger partial charge in [0.1, 0.15) is 22.5 Å². The van der Waals surface area contributed by atoms with Crippen molar-refractivity contribution in [3.63, 3.8) is 0 Å². The fourth-order valence-electron chi connectivity index (χ4n) is 1.41. The standard InChI is InChI=1S/C15H21IO3/c1-14(2,3)18-12-8-7-10(16)9-11(12)13(17)19-15(4,5)6/h7-9H,1-6H3. The maximum Gasteiger partial charge on any atom is 0.342 e. The molecule has 106 valence electrons. The molecule has 0 heterocycles. The van der Waals surface area contributed by atoms with E-state index in [2.05, 4.69) is 22.6 Å². The zero-order valence-corrected chi connectivity index (χ0v) is 14.5. The van der Waals surface area contributed by atoms with Crippen LogP contribution in [0.15, 0.2) is 18.2 Å². The third-order valence-electron chi connectivity index (χ3n) is 1.98. The Morgan fingerprint density at radius 3 is 2.11 bits per heavy atom. The van der Waals surface area contributed by atoms with E-state index in [1.807, 2.05) is 53.7 Å². The maximum atomic E-state index is 12.2. The lowest BCUT2D eigenvalue weighted by Gasteiger charge is -2.24. The van der Waals surface area contributed by atoms with Gasteiger partial charge in [-0.1, -0.05) is 0 Å². The van der Waals surface area contributed by atoms with Crippen molar-refractivity contribution in [2.75, 3.05) is 0 Å². The van der Waals surface area contributed by atoms with Crippen LogP contribution in [0.25, 0.3) is 0 Å². The van der Waals surface area contributed by atoms with Gasteiger partial charge >= 0.3 is 5.97 Å². The Balaban J connectivity index is 3.10. The van der Waals surface area contributed by atoms with Gasteiger partial charge in [-0.25, -0.2) is 4.79 Å². The Morgan fingerprint density at radius 1 is 1.05 bits per heavy atom. The molecule has 1 aromatic carbocycles. The third-order valence-corrected chi connectivity index (χ3v) is 2.65. The van der Waals surface area contributed by atoms with Gasteiger partial charge in [0.15, 0.2) is 0 Å². The average Bonchev–Trinajstić information content (AvgIpc) is 2.16. The molecule has 0 spiro atoms. The molecular formula is C15H21IO3. The van der Waals surface area contributed by atoms with Crippen LogP contribution in [-0.2, 0) is 4.74 Å². The Kier molecular flexibility index (Phi) is 4.87. The highest BCUT2D eigenvalue weighted by molar-refractivity contribution is 14.1. The van der Waals surface area contributed by atoms with Crippen LogP contribution >= 0.6 is 22.6 Å². The second-order valence-corrected chi connectivity index (χ2v) is 7.60. The van der Waals surface area contributed by atoms with Gasteiger partial charge in [-0.15, -0.1) is 0 Å². The molecule has 0 fully saturated rings. The molecule has 0 unspecified atom stereocenters. The van der Waals surface area contributed by atoms with Crippen LogP contribution in [0.1, 0.15) is 51.9 Å². The van der Waals surface area contributed by atoms with E-state index in [-0.39, 0.29) is 11.6 Å². The molecule has 0 radical (unpaired) electrons. The van der Waals surface area contributed by atoms with E-state index in [9.17, 15) is 4.79 Å². The minimum Gasteiger partial charge on any atom is -0.487 e. The minimum absolute atomic E-state index is 0.356. The van der Waals surface area contributed by atoms with E-state index in [0.29, 0.717) is 11.3 Å². The Hall–Kier alpha value is -0.780. The highest BCUT2D eigenvalue weighted by Crippen LogP contribution is 2.27. The molecule has 0 aliphatic carbocycles. The highest BCUT2D eigenvalue weighted by Gasteiger charge is 2.23. The summed E-state index contributed by atoms with van der Waals surface area (Å²) in [4.78, 5) is 12.2. The fourth-order valence-corrected chi connectivity index (χ4v) is 1.90. The first kappa shape index (κ1) is 16.3. The molecule has 0 bridgehead atoms. The van der Waals surface area contributed by atoms with Crippen LogP contribution < -0.4 is 4.74 Å². The number of carbonyl (C=O) groups is 1. The number of esters is 1. The molecule has 1 rings (SSSR count). The van der Waals surface area contributed by atoms with Crippen molar-refractivity contribution in [1.82, 2.24) is 0 Å². The highest BCUT2D eigenvalue weighted by atomic mass is 127. The van der Waals surface area contributed by atoms with Gasteiger partial charge in [-0.3, -0.25) is 0 Å². The number of halogens is 1. The summed E-state index contributed by atoms with van der Waals surface area (Å²) in [6, 6.07) is 5.51. The molecule has 0 aliphatic heterocycles. The molecule has 3 nitrogen and oxygen atoms in total. The number of rotatable bonds is 2. The summed E-state index contributed by atoms with van der Waals surface area (Å²) in [7, 11) is 0. The molecule has 0 N–H and O–H groups in total. The molecule has 0 saturated carbocycles. The Morgan fingerprint density at radius 2 is 1.63 bits per heavy atom. The summed E-state index contributed by atoms with van der Waals surface area (Å²) in [6.07, 6.45) is 0. The fraction of sp³-hybridized carbons (Fsp3) is 0.533. The van der Waals surface area contributed by atoms with Crippen LogP contribution in [0.5, 0.6) is 5.75 Å². The smallest absolute Gasteiger partial charge is 0.342 e. The molecule has 0 saturated heterocycles. The van der Waals surface area contributed by atoms with Gasteiger partial charge in [0.05, 0.1) is 0 Å². The Labute approximate surface area is 128 Å². The third kappa shape index (κ3) is 5.80. The summed E-state index contributed by atoms with van der Waals surface area (Å²) in [5.74, 6) is 0.201. The zero-order valence-electron chi connectivity index (χ0n) is 12.3. The monoisotopic (exact) mass is 376 g/mol. The number of carbonyl (C=O) groups excluding carboxylic acids is 1. The summed E-state index contributed by atoms with van der Waals surface area (Å²) in [5, 5.41) is 0. The van der Waals surface area contributed by atoms with Gasteiger partial charge in [0.2, 0.25) is 0 Å². The van der Waals surface area contributed by atoms with Crippen LogP contribution in [-0.4, -0.2) is 17.2 Å². The molecule has 0 atom stereocenters. The van der Waals surface area contributed by atoms with E-state index >= 15 is 0 Å². The number of hydrogen-bond acceptors (Lipinski definition) is 3. The van der Waals surface area contributed by atoms with Gasteiger partial charge in [-0.05, 0) is 82.3 Å². The number of ether oxygens (including phenoxy) is 2. The first-order chi connectivity index (χ1) is 8.48. The van der Waals surface area contributed by atoms with Crippen molar-refractivity contribution < 1.29 is 14.3 Å². The van der Waals surface area contributed by atoms with Crippen molar-refractivity contribution in [1.29, 1.82) is 0 Å². The van der Waals surface area contributed by atoms with E-state index in [1.54, 1.807) is 6.07 Å². The predicted molar refractivity (Wildman–Crippen MR) is 84.7 cm³/mol. The van der Waals surface area contributed by atoms with Crippen molar-refractivity contribution >= 4 is 28.6 Å². The van der Waals surface area contributed by atoms with Crippen LogP contribution in [0.4, 0.5) is 0 Å². The van der Waals surface area contributed by atoms with Gasteiger partial charge in [0.25, 0.3) is 0 Å². The first-order valence-corrected chi connectivity index (χ1v) is 7.28. The van der Waals surface area contributed by atoms with Gasteiger partial charge < -0.3 is 9.47 Å². The van der Waals surface area contributed by atoms with Crippen molar-refractivity contribution in [3.8, 4) is 5.75 Å². The average molecular weight is 376 g/mol. The summed E-state index contributed by atoms with van der Waals surface area (Å²) in [5.41, 5.74) is -0.405. The van der Waals surface area contributed by atoms with Crippen LogP contribution in [0.2, 0.25) is 0 Å². The summed E-state index contributed by atoms with van der Waals surface area (Å²) in [6.45, 7) is 11.4. The topological polar surface area (TPSA) is 35.5 Å². The summed E-state index contributed by atoms with van der Waals surface area (Å²) < 4.78 is 12.2. The SMILES string of the molecule is CC(C)(C)OC(=O)c1cc(I)ccc1OC(C)(C)C. The van der Waals surface area contributed by atoms with E-state index in [4.69, 9.17) is 9.47 Å². The largest absolute Gasteiger partial charge is 0.487 e. The maximum absolute atomic E-state index is 12.2. The quantitative estimate of drug-likeness (QED) is 0.566. The number of hydrogen-bond donors (Lipinski definition) is 0. The van der Waals surface area contributed by atoms with E-state index in [1.165, 1.54) is 0 Å².